The second kappa shape index (κ2) is 8.34. The van der Waals surface area contributed by atoms with Gasteiger partial charge in [0.2, 0.25) is 0 Å². The molecule has 1 aliphatic carbocycles. The summed E-state index contributed by atoms with van der Waals surface area (Å²) in [6.45, 7) is 3.62. The number of hydrogen-bond acceptors (Lipinski definition) is 4. The van der Waals surface area contributed by atoms with Crippen molar-refractivity contribution in [3.8, 4) is 11.3 Å². The molecule has 0 N–H and O–H groups in total. The van der Waals surface area contributed by atoms with Crippen LogP contribution in [0.4, 0.5) is 15.9 Å². The molecular weight excluding hydrogens is 437 g/mol. The smallest absolute Gasteiger partial charge is 0.158 e. The Labute approximate surface area is 197 Å². The summed E-state index contributed by atoms with van der Waals surface area (Å²) in [4.78, 5) is 9.80. The highest BCUT2D eigenvalue weighted by atomic mass is 35.5. The minimum Gasteiger partial charge on any atom is -0.368 e. The van der Waals surface area contributed by atoms with Gasteiger partial charge in [-0.3, -0.25) is 0 Å². The quantitative estimate of drug-likeness (QED) is 0.409. The van der Waals surface area contributed by atoms with Crippen LogP contribution in [-0.4, -0.2) is 40.8 Å². The zero-order valence-corrected chi connectivity index (χ0v) is 19.1. The number of hydrogen-bond donors (Lipinski definition) is 0. The normalized spacial score (nSPS) is 16.3. The van der Waals surface area contributed by atoms with Gasteiger partial charge < -0.3 is 9.80 Å². The molecule has 4 aromatic rings. The van der Waals surface area contributed by atoms with Crippen LogP contribution in [0.15, 0.2) is 54.6 Å². The number of fused-ring (bicyclic) bond motifs is 2. The molecule has 3 heterocycles. The Morgan fingerprint density at radius 1 is 0.848 bits per heavy atom. The van der Waals surface area contributed by atoms with Gasteiger partial charge in [0.1, 0.15) is 11.6 Å². The predicted molar refractivity (Wildman–Crippen MR) is 131 cm³/mol. The molecule has 0 amide bonds. The van der Waals surface area contributed by atoms with E-state index in [1.165, 1.54) is 36.2 Å². The number of nitrogens with zero attached hydrogens (tertiary/aromatic N) is 5. The monoisotopic (exact) mass is 461 g/mol. The van der Waals surface area contributed by atoms with E-state index in [2.05, 4.69) is 15.9 Å². The minimum absolute atomic E-state index is 0.255. The minimum atomic E-state index is -0.255. The van der Waals surface area contributed by atoms with E-state index in [9.17, 15) is 4.39 Å². The highest BCUT2D eigenvalue weighted by Gasteiger charge is 2.27. The highest BCUT2D eigenvalue weighted by molar-refractivity contribution is 6.30. The Kier molecular flexibility index (Phi) is 5.18. The van der Waals surface area contributed by atoms with Crippen molar-refractivity contribution >= 4 is 28.8 Å². The first-order valence-electron chi connectivity index (χ1n) is 11.6. The molecule has 0 saturated carbocycles. The van der Waals surface area contributed by atoms with E-state index in [0.29, 0.717) is 0 Å². The fourth-order valence-electron chi connectivity index (χ4n) is 5.09. The molecule has 1 fully saturated rings. The molecule has 2 aliphatic rings. The Hall–Kier alpha value is -3.12. The lowest BCUT2D eigenvalue weighted by Crippen LogP contribution is -2.47. The van der Waals surface area contributed by atoms with Crippen LogP contribution in [0.5, 0.6) is 0 Å². The van der Waals surface area contributed by atoms with Crippen molar-refractivity contribution in [1.29, 1.82) is 0 Å². The number of rotatable bonds is 3. The van der Waals surface area contributed by atoms with Crippen molar-refractivity contribution in [3.05, 3.63) is 76.7 Å². The number of anilines is 2. The van der Waals surface area contributed by atoms with Crippen LogP contribution in [0.2, 0.25) is 5.02 Å². The third-order valence-electron chi connectivity index (χ3n) is 6.72. The summed E-state index contributed by atoms with van der Waals surface area (Å²) in [5.74, 6) is 0.900. The topological polar surface area (TPSA) is 36.7 Å². The van der Waals surface area contributed by atoms with E-state index in [1.807, 2.05) is 34.8 Å². The maximum atomic E-state index is 13.9. The third-order valence-corrected chi connectivity index (χ3v) is 6.96. The molecule has 168 valence electrons. The van der Waals surface area contributed by atoms with Crippen LogP contribution in [0.3, 0.4) is 0 Å². The fraction of sp³-hybridized carbons (Fsp3) is 0.308. The maximum absolute atomic E-state index is 13.9. The van der Waals surface area contributed by atoms with Crippen LogP contribution in [-0.2, 0) is 12.8 Å². The molecule has 0 bridgehead atoms. The Balaban J connectivity index is 1.38. The van der Waals surface area contributed by atoms with Gasteiger partial charge >= 0.3 is 0 Å². The molecule has 6 rings (SSSR count). The molecule has 33 heavy (non-hydrogen) atoms. The van der Waals surface area contributed by atoms with Gasteiger partial charge in [-0.05, 0) is 56.0 Å². The van der Waals surface area contributed by atoms with E-state index in [-0.39, 0.29) is 5.82 Å². The van der Waals surface area contributed by atoms with Crippen molar-refractivity contribution < 1.29 is 4.39 Å². The molecule has 5 nitrogen and oxygen atoms in total. The molecular formula is C26H25ClFN5. The number of benzene rings is 2. The SMILES string of the molecule is Fc1cccc(-c2cc3nc4c(c(N5CCN(c6cccc(Cl)c6)CC5)n3n2)CCCC4)c1. The van der Waals surface area contributed by atoms with E-state index in [4.69, 9.17) is 21.7 Å². The largest absolute Gasteiger partial charge is 0.368 e. The average Bonchev–Trinajstić information content (AvgIpc) is 3.26. The highest BCUT2D eigenvalue weighted by Crippen LogP contribution is 2.33. The number of halogens is 2. The second-order valence-corrected chi connectivity index (χ2v) is 9.27. The van der Waals surface area contributed by atoms with E-state index >= 15 is 0 Å². The molecule has 1 saturated heterocycles. The summed E-state index contributed by atoms with van der Waals surface area (Å²) in [5, 5.41) is 5.68. The lowest BCUT2D eigenvalue weighted by molar-refractivity contribution is 0.615. The van der Waals surface area contributed by atoms with Crippen molar-refractivity contribution in [2.24, 2.45) is 0 Å². The van der Waals surface area contributed by atoms with Crippen molar-refractivity contribution in [2.45, 2.75) is 25.7 Å². The first kappa shape index (κ1) is 20.5. The predicted octanol–water partition coefficient (Wildman–Crippen LogP) is 5.39. The van der Waals surface area contributed by atoms with Crippen molar-refractivity contribution in [2.75, 3.05) is 36.0 Å². The second-order valence-electron chi connectivity index (χ2n) is 8.83. The lowest BCUT2D eigenvalue weighted by Gasteiger charge is -2.38. The Morgan fingerprint density at radius 3 is 2.45 bits per heavy atom. The number of aromatic nitrogens is 3. The summed E-state index contributed by atoms with van der Waals surface area (Å²) < 4.78 is 15.8. The van der Waals surface area contributed by atoms with Crippen LogP contribution in [0.25, 0.3) is 16.9 Å². The average molecular weight is 462 g/mol. The standard InChI is InChI=1S/C26H25ClFN5/c27-19-6-4-8-21(16-19)31-11-13-32(14-12-31)26-22-9-1-2-10-23(22)29-25-17-24(30-33(25)26)18-5-3-7-20(28)15-18/h3-8,15-17H,1-2,9-14H2. The maximum Gasteiger partial charge on any atom is 0.158 e. The summed E-state index contributed by atoms with van der Waals surface area (Å²) >= 11 is 6.22. The van der Waals surface area contributed by atoms with Crippen molar-refractivity contribution in [3.63, 3.8) is 0 Å². The van der Waals surface area contributed by atoms with Gasteiger partial charge in [-0.2, -0.15) is 9.61 Å². The van der Waals surface area contributed by atoms with Gasteiger partial charge in [0.05, 0.1) is 5.69 Å². The van der Waals surface area contributed by atoms with Crippen LogP contribution < -0.4 is 9.80 Å². The van der Waals surface area contributed by atoms with Gasteiger partial charge in [-0.15, -0.1) is 0 Å². The van der Waals surface area contributed by atoms with Gasteiger partial charge in [0.25, 0.3) is 0 Å². The number of piperazine rings is 1. The Morgan fingerprint density at radius 2 is 1.64 bits per heavy atom. The van der Waals surface area contributed by atoms with E-state index in [1.54, 1.807) is 6.07 Å². The van der Waals surface area contributed by atoms with Gasteiger partial charge in [-0.25, -0.2) is 9.37 Å². The van der Waals surface area contributed by atoms with Crippen LogP contribution in [0, 0.1) is 5.82 Å². The summed E-state index contributed by atoms with van der Waals surface area (Å²) in [6, 6.07) is 16.7. The van der Waals surface area contributed by atoms with Gasteiger partial charge in [0.15, 0.2) is 5.65 Å². The van der Waals surface area contributed by atoms with Crippen molar-refractivity contribution in [1.82, 2.24) is 14.6 Å². The summed E-state index contributed by atoms with van der Waals surface area (Å²) in [6.07, 6.45) is 4.37. The Bertz CT molecular complexity index is 1330. The zero-order valence-electron chi connectivity index (χ0n) is 18.3. The van der Waals surface area contributed by atoms with Crippen LogP contribution >= 0.6 is 11.6 Å². The number of aryl methyl sites for hydroxylation is 1. The molecule has 0 radical (unpaired) electrons. The summed E-state index contributed by atoms with van der Waals surface area (Å²) in [7, 11) is 0. The van der Waals surface area contributed by atoms with Gasteiger partial charge in [-0.1, -0.05) is 29.8 Å². The van der Waals surface area contributed by atoms with Gasteiger partial charge in [0, 0.05) is 59.8 Å². The molecule has 1 aliphatic heterocycles. The van der Waals surface area contributed by atoms with Crippen LogP contribution in [0.1, 0.15) is 24.1 Å². The molecule has 0 unspecified atom stereocenters. The zero-order chi connectivity index (χ0) is 22.4. The first-order chi connectivity index (χ1) is 16.2. The molecule has 7 heteroatoms. The summed E-state index contributed by atoms with van der Waals surface area (Å²) in [5.41, 5.74) is 6.03. The lowest BCUT2D eigenvalue weighted by atomic mass is 9.96. The van der Waals surface area contributed by atoms with E-state index < -0.39 is 0 Å². The molecule has 0 spiro atoms. The fourth-order valence-corrected chi connectivity index (χ4v) is 5.27. The third kappa shape index (κ3) is 3.82. The molecule has 2 aromatic carbocycles. The molecule has 2 aromatic heterocycles. The van der Waals surface area contributed by atoms with E-state index in [0.717, 1.165) is 72.5 Å². The first-order valence-corrected chi connectivity index (χ1v) is 12.0. The molecule has 0 atom stereocenters.